The Labute approximate surface area is 80.7 Å². The van der Waals surface area contributed by atoms with E-state index in [2.05, 4.69) is 4.98 Å². The highest BCUT2D eigenvalue weighted by molar-refractivity contribution is 5.64. The quantitative estimate of drug-likeness (QED) is 0.747. The van der Waals surface area contributed by atoms with E-state index in [1.165, 1.54) is 12.1 Å². The zero-order valence-corrected chi connectivity index (χ0v) is 7.31. The van der Waals surface area contributed by atoms with Crippen LogP contribution in [0.1, 0.15) is 0 Å². The molecule has 14 heavy (non-hydrogen) atoms. The lowest BCUT2D eigenvalue weighted by Gasteiger charge is -2.01. The van der Waals surface area contributed by atoms with Crippen LogP contribution in [-0.2, 0) is 0 Å². The predicted octanol–water partition coefficient (Wildman–Crippen LogP) is 2.59. The molecule has 0 unspecified atom stereocenters. The molecule has 0 saturated carbocycles. The number of pyridine rings is 1. The van der Waals surface area contributed by atoms with E-state index in [0.29, 0.717) is 0 Å². The van der Waals surface area contributed by atoms with Gasteiger partial charge in [0.2, 0.25) is 0 Å². The van der Waals surface area contributed by atoms with Crippen LogP contribution in [-0.4, -0.2) is 10.1 Å². The lowest BCUT2D eigenvalue weighted by Crippen LogP contribution is -1.80. The van der Waals surface area contributed by atoms with Crippen LogP contribution < -0.4 is 0 Å². The monoisotopic (exact) mass is 189 g/mol. The summed E-state index contributed by atoms with van der Waals surface area (Å²) in [5.74, 6) is -0.942. The molecular weight excluding hydrogens is 181 g/mol. The maximum atomic E-state index is 12.8. The van der Waals surface area contributed by atoms with Crippen LogP contribution in [0.25, 0.3) is 11.1 Å². The van der Waals surface area contributed by atoms with E-state index in [1.807, 2.05) is 0 Å². The van der Waals surface area contributed by atoms with Crippen molar-refractivity contribution in [3.63, 3.8) is 0 Å². The number of phenols is 1. The summed E-state index contributed by atoms with van der Waals surface area (Å²) in [7, 11) is 0. The fourth-order valence-corrected chi connectivity index (χ4v) is 1.24. The molecule has 0 amide bonds. The minimum Gasteiger partial charge on any atom is -0.505 e. The number of hydrogen-bond donors (Lipinski definition) is 1. The smallest absolute Gasteiger partial charge is 0.164 e. The van der Waals surface area contributed by atoms with E-state index in [1.54, 1.807) is 30.6 Å². The molecule has 0 atom stereocenters. The fourth-order valence-electron chi connectivity index (χ4n) is 1.24. The van der Waals surface area contributed by atoms with Gasteiger partial charge < -0.3 is 5.11 Å². The summed E-state index contributed by atoms with van der Waals surface area (Å²) < 4.78 is 12.8. The zero-order valence-electron chi connectivity index (χ0n) is 7.31. The normalized spacial score (nSPS) is 10.1. The number of rotatable bonds is 1. The third-order valence-electron chi connectivity index (χ3n) is 1.96. The minimum absolute atomic E-state index is 0.334. The first-order chi connectivity index (χ1) is 6.77. The Kier molecular flexibility index (Phi) is 2.14. The molecule has 3 heteroatoms. The van der Waals surface area contributed by atoms with Crippen LogP contribution in [0.3, 0.4) is 0 Å². The molecule has 0 spiro atoms. The van der Waals surface area contributed by atoms with Crippen LogP contribution in [0.15, 0.2) is 42.7 Å². The van der Waals surface area contributed by atoms with Crippen molar-refractivity contribution >= 4 is 0 Å². The number of aromatic nitrogens is 1. The summed E-state index contributed by atoms with van der Waals surface area (Å²) in [5.41, 5.74) is 1.67. The summed E-state index contributed by atoms with van der Waals surface area (Å²) in [5, 5.41) is 9.17. The van der Waals surface area contributed by atoms with Crippen molar-refractivity contribution < 1.29 is 9.50 Å². The van der Waals surface area contributed by atoms with Gasteiger partial charge in [-0.05, 0) is 35.4 Å². The summed E-state index contributed by atoms with van der Waals surface area (Å²) >= 11 is 0. The van der Waals surface area contributed by atoms with Gasteiger partial charge in [0, 0.05) is 12.4 Å². The van der Waals surface area contributed by atoms with E-state index in [0.717, 1.165) is 11.1 Å². The molecular formula is C11H8FNO. The lowest BCUT2D eigenvalue weighted by molar-refractivity contribution is 0.433. The molecule has 70 valence electrons. The standard InChI is InChI=1S/C11H8FNO/c12-10-2-1-9(7-11(10)14)8-3-5-13-6-4-8/h1-7,14H. The van der Waals surface area contributed by atoms with E-state index in [9.17, 15) is 9.50 Å². The van der Waals surface area contributed by atoms with Gasteiger partial charge in [-0.15, -0.1) is 0 Å². The first-order valence-corrected chi connectivity index (χ1v) is 4.16. The molecule has 1 aromatic carbocycles. The lowest BCUT2D eigenvalue weighted by atomic mass is 10.1. The average molecular weight is 189 g/mol. The third-order valence-corrected chi connectivity index (χ3v) is 1.96. The average Bonchev–Trinajstić information content (AvgIpc) is 2.23. The van der Waals surface area contributed by atoms with Gasteiger partial charge in [-0.1, -0.05) is 6.07 Å². The van der Waals surface area contributed by atoms with Crippen LogP contribution in [0, 0.1) is 5.82 Å². The molecule has 1 heterocycles. The van der Waals surface area contributed by atoms with E-state index in [4.69, 9.17) is 0 Å². The number of nitrogens with zero attached hydrogens (tertiary/aromatic N) is 1. The Balaban J connectivity index is 2.48. The Morgan fingerprint density at radius 3 is 2.36 bits per heavy atom. The molecule has 2 aromatic rings. The van der Waals surface area contributed by atoms with Crippen LogP contribution in [0.4, 0.5) is 4.39 Å². The molecule has 0 aliphatic carbocycles. The predicted molar refractivity (Wildman–Crippen MR) is 51.3 cm³/mol. The van der Waals surface area contributed by atoms with Gasteiger partial charge in [0.1, 0.15) is 0 Å². The van der Waals surface area contributed by atoms with E-state index in [-0.39, 0.29) is 5.75 Å². The van der Waals surface area contributed by atoms with Crippen molar-refractivity contribution in [2.45, 2.75) is 0 Å². The van der Waals surface area contributed by atoms with Crippen molar-refractivity contribution in [1.29, 1.82) is 0 Å². The zero-order chi connectivity index (χ0) is 9.97. The second kappa shape index (κ2) is 3.46. The Hall–Kier alpha value is -1.90. The second-order valence-corrected chi connectivity index (χ2v) is 2.90. The Morgan fingerprint density at radius 1 is 1.00 bits per heavy atom. The summed E-state index contributed by atoms with van der Waals surface area (Å²) in [6.07, 6.45) is 3.30. The molecule has 2 rings (SSSR count). The van der Waals surface area contributed by atoms with Gasteiger partial charge in [-0.3, -0.25) is 4.98 Å². The van der Waals surface area contributed by atoms with Crippen molar-refractivity contribution in [2.24, 2.45) is 0 Å². The first-order valence-electron chi connectivity index (χ1n) is 4.16. The molecule has 1 N–H and O–H groups in total. The largest absolute Gasteiger partial charge is 0.505 e. The molecule has 0 aliphatic rings. The highest BCUT2D eigenvalue weighted by Gasteiger charge is 2.02. The van der Waals surface area contributed by atoms with Gasteiger partial charge in [0.15, 0.2) is 11.6 Å². The number of hydrogen-bond acceptors (Lipinski definition) is 2. The van der Waals surface area contributed by atoms with Crippen molar-refractivity contribution in [2.75, 3.05) is 0 Å². The molecule has 0 aliphatic heterocycles. The highest BCUT2D eigenvalue weighted by atomic mass is 19.1. The van der Waals surface area contributed by atoms with Crippen LogP contribution in [0.5, 0.6) is 5.75 Å². The number of phenolic OH excluding ortho intramolecular Hbond substituents is 1. The van der Waals surface area contributed by atoms with Gasteiger partial charge >= 0.3 is 0 Å². The van der Waals surface area contributed by atoms with Gasteiger partial charge in [-0.2, -0.15) is 0 Å². The summed E-state index contributed by atoms with van der Waals surface area (Å²) in [4.78, 5) is 3.87. The third kappa shape index (κ3) is 1.57. The molecule has 0 radical (unpaired) electrons. The van der Waals surface area contributed by atoms with Gasteiger partial charge in [0.25, 0.3) is 0 Å². The fraction of sp³-hybridized carbons (Fsp3) is 0. The van der Waals surface area contributed by atoms with Crippen molar-refractivity contribution in [1.82, 2.24) is 4.98 Å². The number of benzene rings is 1. The van der Waals surface area contributed by atoms with Gasteiger partial charge in [0.05, 0.1) is 0 Å². The maximum absolute atomic E-state index is 12.8. The SMILES string of the molecule is Oc1cc(-c2ccncc2)ccc1F. The van der Waals surface area contributed by atoms with E-state index < -0.39 is 5.82 Å². The number of halogens is 1. The second-order valence-electron chi connectivity index (χ2n) is 2.90. The summed E-state index contributed by atoms with van der Waals surface area (Å²) in [6.45, 7) is 0. The minimum atomic E-state index is -0.609. The Bertz CT molecular complexity index is 442. The molecule has 1 aromatic heterocycles. The molecule has 0 saturated heterocycles. The van der Waals surface area contributed by atoms with Gasteiger partial charge in [-0.25, -0.2) is 4.39 Å². The number of aromatic hydroxyl groups is 1. The Morgan fingerprint density at radius 2 is 1.71 bits per heavy atom. The van der Waals surface area contributed by atoms with Crippen LogP contribution in [0.2, 0.25) is 0 Å². The molecule has 0 fully saturated rings. The topological polar surface area (TPSA) is 33.1 Å². The molecule has 0 bridgehead atoms. The highest BCUT2D eigenvalue weighted by Crippen LogP contribution is 2.24. The van der Waals surface area contributed by atoms with E-state index >= 15 is 0 Å². The first kappa shape index (κ1) is 8.69. The molecule has 2 nitrogen and oxygen atoms in total. The maximum Gasteiger partial charge on any atom is 0.164 e. The van der Waals surface area contributed by atoms with Crippen molar-refractivity contribution in [3.8, 4) is 16.9 Å². The van der Waals surface area contributed by atoms with Crippen molar-refractivity contribution in [3.05, 3.63) is 48.5 Å². The summed E-state index contributed by atoms with van der Waals surface area (Å²) in [6, 6.07) is 7.85. The van der Waals surface area contributed by atoms with Crippen LogP contribution >= 0.6 is 0 Å².